The summed E-state index contributed by atoms with van der Waals surface area (Å²) in [6, 6.07) is 12.2. The van der Waals surface area contributed by atoms with E-state index in [0.29, 0.717) is 18.0 Å². The van der Waals surface area contributed by atoms with E-state index in [1.54, 1.807) is 0 Å². The summed E-state index contributed by atoms with van der Waals surface area (Å²) in [6.07, 6.45) is 4.58. The van der Waals surface area contributed by atoms with Crippen molar-refractivity contribution in [2.45, 2.75) is 37.5 Å². The van der Waals surface area contributed by atoms with Gasteiger partial charge < -0.3 is 9.26 Å². The van der Waals surface area contributed by atoms with Crippen LogP contribution in [0.3, 0.4) is 0 Å². The van der Waals surface area contributed by atoms with Gasteiger partial charge in [-0.05, 0) is 37.2 Å². The Morgan fingerprint density at radius 2 is 2.09 bits per heavy atom. The quantitative estimate of drug-likeness (QED) is 0.762. The summed E-state index contributed by atoms with van der Waals surface area (Å²) in [5.41, 5.74) is 1.66. The molecule has 0 radical (unpaired) electrons. The number of ether oxygens (including phenoxy) is 1. The molecular weight excluding hydrogens is 290 g/mol. The van der Waals surface area contributed by atoms with Crippen LogP contribution < -0.4 is 0 Å². The van der Waals surface area contributed by atoms with E-state index in [9.17, 15) is 4.79 Å². The first-order valence-corrected chi connectivity index (χ1v) is 8.42. The van der Waals surface area contributed by atoms with Crippen LogP contribution in [0.4, 0.5) is 0 Å². The van der Waals surface area contributed by atoms with Gasteiger partial charge in [0.2, 0.25) is 0 Å². The minimum atomic E-state index is -0.0634. The minimum absolute atomic E-state index is 0.0634. The predicted octanol–water partition coefficient (Wildman–Crippen LogP) is 3.75. The number of ketones is 1. The van der Waals surface area contributed by atoms with Crippen molar-refractivity contribution < 1.29 is 14.1 Å². The van der Waals surface area contributed by atoms with Gasteiger partial charge in [-0.15, -0.1) is 0 Å². The number of hydrogen-bond acceptors (Lipinski definition) is 4. The molecule has 1 aliphatic carbocycles. The lowest BCUT2D eigenvalue weighted by atomic mass is 9.92. The monoisotopic (exact) mass is 311 g/mol. The topological polar surface area (TPSA) is 52.3 Å². The van der Waals surface area contributed by atoms with Gasteiger partial charge in [-0.25, -0.2) is 0 Å². The molecule has 0 bridgehead atoms. The van der Waals surface area contributed by atoms with Crippen LogP contribution in [0.25, 0.3) is 0 Å². The number of carbonyl (C=O) groups excluding carboxylic acids is 1. The van der Waals surface area contributed by atoms with E-state index in [-0.39, 0.29) is 11.2 Å². The van der Waals surface area contributed by atoms with Crippen molar-refractivity contribution in [3.05, 3.63) is 53.4 Å². The molecule has 4 rings (SSSR count). The average molecular weight is 311 g/mol. The van der Waals surface area contributed by atoms with Crippen molar-refractivity contribution in [1.29, 1.82) is 0 Å². The summed E-state index contributed by atoms with van der Waals surface area (Å²) in [6.45, 7) is 1.61. The first-order chi connectivity index (χ1) is 11.3. The molecule has 0 N–H and O–H groups in total. The first-order valence-electron chi connectivity index (χ1n) is 8.42. The highest BCUT2D eigenvalue weighted by molar-refractivity contribution is 5.94. The van der Waals surface area contributed by atoms with Crippen LogP contribution >= 0.6 is 0 Å². The zero-order valence-electron chi connectivity index (χ0n) is 13.2. The molecule has 1 saturated heterocycles. The van der Waals surface area contributed by atoms with Gasteiger partial charge >= 0.3 is 0 Å². The molecular formula is C19H21NO3. The third-order valence-electron chi connectivity index (χ3n) is 5.15. The number of rotatable bonds is 6. The summed E-state index contributed by atoms with van der Waals surface area (Å²) in [5.74, 6) is 1.43. The van der Waals surface area contributed by atoms with Gasteiger partial charge in [-0.3, -0.25) is 4.79 Å². The van der Waals surface area contributed by atoms with Crippen LogP contribution in [0.2, 0.25) is 0 Å². The second-order valence-corrected chi connectivity index (χ2v) is 6.72. The van der Waals surface area contributed by atoms with Crippen LogP contribution in [-0.2, 0) is 10.2 Å². The highest BCUT2D eigenvalue weighted by Crippen LogP contribution is 2.53. The van der Waals surface area contributed by atoms with Gasteiger partial charge in [0, 0.05) is 25.7 Å². The lowest BCUT2D eigenvalue weighted by Gasteiger charge is -2.10. The summed E-state index contributed by atoms with van der Waals surface area (Å²) >= 11 is 0. The first kappa shape index (κ1) is 14.6. The molecule has 1 saturated carbocycles. The number of benzene rings is 1. The maximum atomic E-state index is 12.3. The maximum Gasteiger partial charge on any atom is 0.184 e. The zero-order chi connectivity index (χ0) is 15.7. The van der Waals surface area contributed by atoms with Crippen molar-refractivity contribution in [1.82, 2.24) is 5.16 Å². The number of carbonyl (C=O) groups is 1. The Balaban J connectivity index is 1.45. The Kier molecular flexibility index (Phi) is 3.77. The summed E-state index contributed by atoms with van der Waals surface area (Å²) in [7, 11) is 0. The molecule has 1 atom stereocenters. The standard InChI is InChI=1S/C19H21NO3/c21-17(7-6-14-8-11-22-13-14)16-12-18(23-20-16)19(9-10-19)15-4-2-1-3-5-15/h1-5,12,14H,6-11,13H2. The van der Waals surface area contributed by atoms with Crippen molar-refractivity contribution >= 4 is 5.78 Å². The fourth-order valence-corrected chi connectivity index (χ4v) is 3.47. The fourth-order valence-electron chi connectivity index (χ4n) is 3.47. The van der Waals surface area contributed by atoms with Crippen molar-refractivity contribution in [3.8, 4) is 0 Å². The summed E-state index contributed by atoms with van der Waals surface area (Å²) in [4.78, 5) is 12.3. The Morgan fingerprint density at radius 1 is 1.26 bits per heavy atom. The molecule has 0 spiro atoms. The van der Waals surface area contributed by atoms with E-state index in [1.165, 1.54) is 5.56 Å². The van der Waals surface area contributed by atoms with E-state index in [4.69, 9.17) is 9.26 Å². The minimum Gasteiger partial charge on any atom is -0.381 e. The molecule has 4 heteroatoms. The molecule has 120 valence electrons. The lowest BCUT2D eigenvalue weighted by Crippen LogP contribution is -2.07. The van der Waals surface area contributed by atoms with E-state index >= 15 is 0 Å². The van der Waals surface area contributed by atoms with Gasteiger partial charge in [0.05, 0.1) is 5.41 Å². The fraction of sp³-hybridized carbons (Fsp3) is 0.474. The Morgan fingerprint density at radius 3 is 2.78 bits per heavy atom. The molecule has 2 aliphatic rings. The molecule has 0 amide bonds. The van der Waals surface area contributed by atoms with Gasteiger partial charge in [-0.1, -0.05) is 35.5 Å². The third kappa shape index (κ3) is 2.83. The normalized spacial score (nSPS) is 22.2. The van der Waals surface area contributed by atoms with E-state index in [0.717, 1.165) is 44.7 Å². The molecule has 23 heavy (non-hydrogen) atoms. The molecule has 2 fully saturated rings. The summed E-state index contributed by atoms with van der Waals surface area (Å²) < 4.78 is 10.9. The second-order valence-electron chi connectivity index (χ2n) is 6.72. The number of nitrogens with zero attached hydrogens (tertiary/aromatic N) is 1. The predicted molar refractivity (Wildman–Crippen MR) is 85.4 cm³/mol. The number of hydrogen-bond donors (Lipinski definition) is 0. The molecule has 1 unspecified atom stereocenters. The Hall–Kier alpha value is -1.94. The molecule has 2 aromatic rings. The lowest BCUT2D eigenvalue weighted by molar-refractivity contribution is 0.0962. The molecule has 1 aromatic carbocycles. The van der Waals surface area contributed by atoms with Gasteiger partial charge in [-0.2, -0.15) is 0 Å². The van der Waals surface area contributed by atoms with Gasteiger partial charge in [0.15, 0.2) is 5.78 Å². The van der Waals surface area contributed by atoms with Crippen LogP contribution in [0.1, 0.15) is 53.9 Å². The van der Waals surface area contributed by atoms with E-state index < -0.39 is 0 Å². The Labute approximate surface area is 135 Å². The smallest absolute Gasteiger partial charge is 0.184 e. The third-order valence-corrected chi connectivity index (χ3v) is 5.15. The van der Waals surface area contributed by atoms with E-state index in [2.05, 4.69) is 17.3 Å². The molecule has 4 nitrogen and oxygen atoms in total. The molecule has 2 heterocycles. The van der Waals surface area contributed by atoms with Crippen molar-refractivity contribution in [2.24, 2.45) is 5.92 Å². The molecule has 1 aliphatic heterocycles. The average Bonchev–Trinajstić information content (AvgIpc) is 3.02. The second kappa shape index (κ2) is 5.93. The van der Waals surface area contributed by atoms with Crippen LogP contribution in [0, 0.1) is 5.92 Å². The molecule has 1 aromatic heterocycles. The number of aromatic nitrogens is 1. The largest absolute Gasteiger partial charge is 0.381 e. The van der Waals surface area contributed by atoms with Crippen molar-refractivity contribution in [3.63, 3.8) is 0 Å². The van der Waals surface area contributed by atoms with Gasteiger partial charge in [0.25, 0.3) is 0 Å². The maximum absolute atomic E-state index is 12.3. The SMILES string of the molecule is O=C(CCC1CCOC1)c1cc(C2(c3ccccc3)CC2)on1. The number of Topliss-reactive ketones (excluding diaryl/α,β-unsaturated/α-hetero) is 1. The Bertz CT molecular complexity index is 682. The van der Waals surface area contributed by atoms with Gasteiger partial charge in [0.1, 0.15) is 11.5 Å². The van der Waals surface area contributed by atoms with Crippen LogP contribution in [0.5, 0.6) is 0 Å². The summed E-state index contributed by atoms with van der Waals surface area (Å²) in [5, 5.41) is 4.04. The zero-order valence-corrected chi connectivity index (χ0v) is 13.2. The highest BCUT2D eigenvalue weighted by atomic mass is 16.5. The van der Waals surface area contributed by atoms with Crippen LogP contribution in [0.15, 0.2) is 40.9 Å². The van der Waals surface area contributed by atoms with E-state index in [1.807, 2.05) is 24.3 Å². The van der Waals surface area contributed by atoms with Crippen molar-refractivity contribution in [2.75, 3.05) is 13.2 Å². The van der Waals surface area contributed by atoms with Crippen LogP contribution in [-0.4, -0.2) is 24.2 Å². The highest BCUT2D eigenvalue weighted by Gasteiger charge is 2.49.